The topological polar surface area (TPSA) is 29.5 Å². The zero-order valence-corrected chi connectivity index (χ0v) is 7.42. The highest BCUT2D eigenvalue weighted by Crippen LogP contribution is 2.05. The van der Waals surface area contributed by atoms with Crippen LogP contribution in [0.15, 0.2) is 12.7 Å². The van der Waals surface area contributed by atoms with E-state index in [0.717, 1.165) is 12.8 Å². The van der Waals surface area contributed by atoms with Gasteiger partial charge in [-0.1, -0.05) is 6.08 Å². The number of hydrogen-bond donors (Lipinski definition) is 1. The third kappa shape index (κ3) is 4.99. The van der Waals surface area contributed by atoms with Gasteiger partial charge in [0.1, 0.15) is 0 Å². The molecule has 0 saturated carbocycles. The van der Waals surface area contributed by atoms with Crippen LogP contribution in [0.3, 0.4) is 0 Å². The van der Waals surface area contributed by atoms with Crippen molar-refractivity contribution in [2.45, 2.75) is 38.9 Å². The third-order valence-corrected chi connectivity index (χ3v) is 1.64. The lowest BCUT2D eigenvalue weighted by atomic mass is 10.1. The standard InChI is InChI=1S/C9H18O2/c1-4-6-7-9(10)8(3)11-5-2/h4,8-10H,1,5-7H2,2-3H3. The Balaban J connectivity index is 3.45. The average Bonchev–Trinajstić information content (AvgIpc) is 2.00. The first-order valence-corrected chi connectivity index (χ1v) is 4.13. The van der Waals surface area contributed by atoms with Gasteiger partial charge in [0.25, 0.3) is 0 Å². The van der Waals surface area contributed by atoms with Crippen LogP contribution in [0.1, 0.15) is 26.7 Å². The Bertz CT molecular complexity index is 102. The molecular formula is C9H18O2. The average molecular weight is 158 g/mol. The molecule has 0 spiro atoms. The van der Waals surface area contributed by atoms with Crippen LogP contribution in [0.25, 0.3) is 0 Å². The second kappa shape index (κ2) is 6.38. The van der Waals surface area contributed by atoms with Gasteiger partial charge in [0.05, 0.1) is 12.2 Å². The van der Waals surface area contributed by atoms with Gasteiger partial charge in [0, 0.05) is 6.61 Å². The molecule has 2 heteroatoms. The van der Waals surface area contributed by atoms with Crippen molar-refractivity contribution in [2.75, 3.05) is 6.61 Å². The molecule has 0 fully saturated rings. The van der Waals surface area contributed by atoms with Gasteiger partial charge in [0.2, 0.25) is 0 Å². The summed E-state index contributed by atoms with van der Waals surface area (Å²) in [6, 6.07) is 0. The van der Waals surface area contributed by atoms with Gasteiger partial charge < -0.3 is 9.84 Å². The molecule has 0 aliphatic heterocycles. The molecule has 0 aromatic heterocycles. The minimum absolute atomic E-state index is 0.0556. The Morgan fingerprint density at radius 3 is 2.73 bits per heavy atom. The van der Waals surface area contributed by atoms with Crippen molar-refractivity contribution < 1.29 is 9.84 Å². The maximum absolute atomic E-state index is 9.41. The van der Waals surface area contributed by atoms with Crippen LogP contribution in [-0.2, 0) is 4.74 Å². The number of ether oxygens (including phenoxy) is 1. The fraction of sp³-hybridized carbons (Fsp3) is 0.778. The maximum atomic E-state index is 9.41. The Morgan fingerprint density at radius 2 is 2.27 bits per heavy atom. The van der Waals surface area contributed by atoms with Crippen LogP contribution in [0.2, 0.25) is 0 Å². The summed E-state index contributed by atoms with van der Waals surface area (Å²) in [4.78, 5) is 0. The molecule has 0 amide bonds. The molecule has 0 bridgehead atoms. The lowest BCUT2D eigenvalue weighted by Gasteiger charge is -2.17. The molecule has 0 radical (unpaired) electrons. The monoisotopic (exact) mass is 158 g/mol. The summed E-state index contributed by atoms with van der Waals surface area (Å²) in [6.45, 7) is 8.06. The van der Waals surface area contributed by atoms with E-state index < -0.39 is 0 Å². The normalized spacial score (nSPS) is 15.9. The molecule has 2 nitrogen and oxygen atoms in total. The molecule has 0 rings (SSSR count). The number of hydrogen-bond acceptors (Lipinski definition) is 2. The second-order valence-electron chi connectivity index (χ2n) is 2.59. The zero-order chi connectivity index (χ0) is 8.69. The van der Waals surface area contributed by atoms with E-state index in [1.54, 1.807) is 0 Å². The molecule has 2 unspecified atom stereocenters. The largest absolute Gasteiger partial charge is 0.390 e. The number of rotatable bonds is 6. The zero-order valence-electron chi connectivity index (χ0n) is 7.42. The predicted molar refractivity (Wildman–Crippen MR) is 46.5 cm³/mol. The van der Waals surface area contributed by atoms with Gasteiger partial charge >= 0.3 is 0 Å². The SMILES string of the molecule is C=CCCC(O)C(C)OCC. The highest BCUT2D eigenvalue weighted by Gasteiger charge is 2.12. The Hall–Kier alpha value is -0.340. The molecule has 11 heavy (non-hydrogen) atoms. The molecule has 0 aliphatic carbocycles. The first kappa shape index (κ1) is 10.7. The predicted octanol–water partition coefficient (Wildman–Crippen LogP) is 1.74. The van der Waals surface area contributed by atoms with Gasteiger partial charge in [-0.3, -0.25) is 0 Å². The van der Waals surface area contributed by atoms with Crippen LogP contribution >= 0.6 is 0 Å². The Labute approximate surface area is 68.9 Å². The van der Waals surface area contributed by atoms with Crippen molar-refractivity contribution in [3.8, 4) is 0 Å². The number of allylic oxidation sites excluding steroid dienone is 1. The number of aliphatic hydroxyl groups is 1. The number of aliphatic hydroxyl groups excluding tert-OH is 1. The van der Waals surface area contributed by atoms with Gasteiger partial charge in [-0.2, -0.15) is 0 Å². The summed E-state index contributed by atoms with van der Waals surface area (Å²) in [5, 5.41) is 9.41. The van der Waals surface area contributed by atoms with E-state index in [2.05, 4.69) is 6.58 Å². The summed E-state index contributed by atoms with van der Waals surface area (Å²) >= 11 is 0. The summed E-state index contributed by atoms with van der Waals surface area (Å²) in [5.74, 6) is 0. The second-order valence-corrected chi connectivity index (χ2v) is 2.59. The van der Waals surface area contributed by atoms with Crippen LogP contribution in [-0.4, -0.2) is 23.9 Å². The van der Waals surface area contributed by atoms with Gasteiger partial charge in [-0.25, -0.2) is 0 Å². The Morgan fingerprint density at radius 1 is 1.64 bits per heavy atom. The fourth-order valence-electron chi connectivity index (χ4n) is 0.897. The van der Waals surface area contributed by atoms with E-state index >= 15 is 0 Å². The van der Waals surface area contributed by atoms with Gasteiger partial charge in [-0.05, 0) is 26.7 Å². The van der Waals surface area contributed by atoms with Gasteiger partial charge in [-0.15, -0.1) is 6.58 Å². The summed E-state index contributed by atoms with van der Waals surface area (Å²) in [6.07, 6.45) is 2.98. The van der Waals surface area contributed by atoms with Crippen molar-refractivity contribution >= 4 is 0 Å². The van der Waals surface area contributed by atoms with Gasteiger partial charge in [0.15, 0.2) is 0 Å². The molecule has 0 heterocycles. The maximum Gasteiger partial charge on any atom is 0.0805 e. The highest BCUT2D eigenvalue weighted by molar-refractivity contribution is 4.72. The van der Waals surface area contributed by atoms with Crippen molar-refractivity contribution in [3.63, 3.8) is 0 Å². The summed E-state index contributed by atoms with van der Waals surface area (Å²) < 4.78 is 5.22. The van der Waals surface area contributed by atoms with Crippen LogP contribution in [0.4, 0.5) is 0 Å². The fourth-order valence-corrected chi connectivity index (χ4v) is 0.897. The minimum atomic E-state index is -0.354. The van der Waals surface area contributed by atoms with Crippen molar-refractivity contribution in [1.82, 2.24) is 0 Å². The summed E-state index contributed by atoms with van der Waals surface area (Å²) in [5.41, 5.74) is 0. The minimum Gasteiger partial charge on any atom is -0.390 e. The van der Waals surface area contributed by atoms with E-state index in [1.165, 1.54) is 0 Å². The molecule has 0 saturated heterocycles. The van der Waals surface area contributed by atoms with Crippen molar-refractivity contribution in [1.29, 1.82) is 0 Å². The molecule has 0 aliphatic rings. The lowest BCUT2D eigenvalue weighted by Crippen LogP contribution is -2.25. The first-order chi connectivity index (χ1) is 5.22. The quantitative estimate of drug-likeness (QED) is 0.597. The molecule has 0 aromatic rings. The smallest absolute Gasteiger partial charge is 0.0805 e. The molecule has 0 aromatic carbocycles. The van der Waals surface area contributed by atoms with Crippen LogP contribution in [0, 0.1) is 0 Å². The van der Waals surface area contributed by atoms with Crippen molar-refractivity contribution in [2.24, 2.45) is 0 Å². The van der Waals surface area contributed by atoms with E-state index in [9.17, 15) is 5.11 Å². The third-order valence-electron chi connectivity index (χ3n) is 1.64. The van der Waals surface area contributed by atoms with E-state index in [-0.39, 0.29) is 12.2 Å². The van der Waals surface area contributed by atoms with Crippen molar-refractivity contribution in [3.05, 3.63) is 12.7 Å². The van der Waals surface area contributed by atoms with Crippen LogP contribution < -0.4 is 0 Å². The first-order valence-electron chi connectivity index (χ1n) is 4.13. The molecule has 1 N–H and O–H groups in total. The van der Waals surface area contributed by atoms with E-state index in [4.69, 9.17) is 4.74 Å². The summed E-state index contributed by atoms with van der Waals surface area (Å²) in [7, 11) is 0. The van der Waals surface area contributed by atoms with E-state index in [1.807, 2.05) is 19.9 Å². The molecule has 2 atom stereocenters. The Kier molecular flexibility index (Phi) is 6.18. The molecular weight excluding hydrogens is 140 g/mol. The van der Waals surface area contributed by atoms with Crippen LogP contribution in [0.5, 0.6) is 0 Å². The van der Waals surface area contributed by atoms with E-state index in [0.29, 0.717) is 6.61 Å². The highest BCUT2D eigenvalue weighted by atomic mass is 16.5. The lowest BCUT2D eigenvalue weighted by molar-refractivity contribution is -0.0242. The molecule has 66 valence electrons.